The third kappa shape index (κ3) is 3.76. The molecule has 0 spiro atoms. The number of aryl methyl sites for hydroxylation is 1. The first-order valence-electron chi connectivity index (χ1n) is 9.00. The summed E-state index contributed by atoms with van der Waals surface area (Å²) >= 11 is 6.25. The highest BCUT2D eigenvalue weighted by Crippen LogP contribution is 2.40. The Bertz CT molecular complexity index is 1110. The fraction of sp³-hybridized carbons (Fsp3) is 0.250. The van der Waals surface area contributed by atoms with Gasteiger partial charge in [0.1, 0.15) is 13.2 Å². The van der Waals surface area contributed by atoms with Crippen LogP contribution in [0.15, 0.2) is 36.4 Å². The van der Waals surface area contributed by atoms with Crippen LogP contribution in [0.25, 0.3) is 10.9 Å². The molecular formula is C20H18ClN3O5. The van der Waals surface area contributed by atoms with Gasteiger partial charge in [-0.3, -0.25) is 10.1 Å². The number of aromatic nitrogens is 1. The summed E-state index contributed by atoms with van der Waals surface area (Å²) in [6.45, 7) is 2.77. The quantitative estimate of drug-likeness (QED) is 0.478. The van der Waals surface area contributed by atoms with E-state index in [0.717, 1.165) is 0 Å². The average Bonchev–Trinajstić information content (AvgIpc) is 2.71. The van der Waals surface area contributed by atoms with Crippen LogP contribution >= 0.6 is 11.6 Å². The Morgan fingerprint density at radius 3 is 2.90 bits per heavy atom. The molecule has 1 aliphatic rings. The number of rotatable bonds is 5. The lowest BCUT2D eigenvalue weighted by atomic mass is 10.1. The molecule has 29 heavy (non-hydrogen) atoms. The van der Waals surface area contributed by atoms with Crippen LogP contribution in [0.3, 0.4) is 0 Å². The van der Waals surface area contributed by atoms with E-state index in [2.05, 4.69) is 10.3 Å². The molecule has 0 saturated carbocycles. The Kier molecular flexibility index (Phi) is 5.12. The van der Waals surface area contributed by atoms with Gasteiger partial charge in [-0.05, 0) is 30.7 Å². The number of benzene rings is 2. The Labute approximate surface area is 171 Å². The Morgan fingerprint density at radius 1 is 1.31 bits per heavy atom. The van der Waals surface area contributed by atoms with Crippen molar-refractivity contribution >= 4 is 33.9 Å². The molecule has 1 aliphatic heterocycles. The molecule has 0 saturated heterocycles. The molecule has 8 nitrogen and oxygen atoms in total. The summed E-state index contributed by atoms with van der Waals surface area (Å²) in [5.41, 5.74) is 2.10. The maximum Gasteiger partial charge on any atom is 0.295 e. The summed E-state index contributed by atoms with van der Waals surface area (Å²) in [4.78, 5) is 15.2. The minimum atomic E-state index is -0.884. The van der Waals surface area contributed by atoms with Gasteiger partial charge >= 0.3 is 0 Å². The van der Waals surface area contributed by atoms with Crippen LogP contribution in [-0.2, 0) is 0 Å². The highest BCUT2D eigenvalue weighted by molar-refractivity contribution is 6.32. The van der Waals surface area contributed by atoms with Crippen LogP contribution in [0.5, 0.6) is 11.5 Å². The fourth-order valence-corrected chi connectivity index (χ4v) is 3.58. The summed E-state index contributed by atoms with van der Waals surface area (Å²) in [7, 11) is 0. The van der Waals surface area contributed by atoms with Crippen molar-refractivity contribution in [2.24, 2.45) is 0 Å². The van der Waals surface area contributed by atoms with Gasteiger partial charge in [0.05, 0.1) is 16.0 Å². The highest BCUT2D eigenvalue weighted by Gasteiger charge is 2.20. The molecule has 0 aliphatic carbocycles. The molecule has 9 heteroatoms. The number of nitrogens with one attached hydrogen (secondary N) is 1. The van der Waals surface area contributed by atoms with E-state index in [-0.39, 0.29) is 12.2 Å². The monoisotopic (exact) mass is 415 g/mol. The van der Waals surface area contributed by atoms with Crippen LogP contribution in [-0.4, -0.2) is 34.8 Å². The minimum Gasteiger partial charge on any atom is -0.486 e. The minimum absolute atomic E-state index is 0.0617. The predicted molar refractivity (Wildman–Crippen MR) is 109 cm³/mol. The lowest BCUT2D eigenvalue weighted by molar-refractivity contribution is -0.383. The number of ether oxygens (including phenoxy) is 2. The van der Waals surface area contributed by atoms with Gasteiger partial charge in [-0.2, -0.15) is 0 Å². The number of aliphatic hydroxyl groups excluding tert-OH is 1. The number of pyridine rings is 1. The van der Waals surface area contributed by atoms with E-state index < -0.39 is 11.0 Å². The number of nitro benzene ring substituents is 1. The van der Waals surface area contributed by atoms with Crippen molar-refractivity contribution < 1.29 is 19.5 Å². The highest BCUT2D eigenvalue weighted by atomic mass is 35.5. The van der Waals surface area contributed by atoms with Gasteiger partial charge in [0, 0.05) is 29.4 Å². The van der Waals surface area contributed by atoms with E-state index >= 15 is 0 Å². The number of nitrogens with zero attached hydrogens (tertiary/aromatic N) is 2. The third-order valence-corrected chi connectivity index (χ3v) is 4.91. The standard InChI is InChI=1S/C20H18ClN3O5/c1-11-7-15(13-3-2-4-16(24(26)27)19(13)23-11)22-10-17(25)12-8-14(21)20-18(9-12)28-5-6-29-20/h2-4,7-9,17,25H,5-6,10H2,1H3,(H,22,23). The van der Waals surface area contributed by atoms with Crippen molar-refractivity contribution in [1.29, 1.82) is 0 Å². The Hall–Kier alpha value is -3.10. The molecule has 0 fully saturated rings. The number of nitro groups is 1. The Balaban J connectivity index is 1.61. The van der Waals surface area contributed by atoms with Crippen molar-refractivity contribution in [3.63, 3.8) is 0 Å². The molecule has 3 aromatic rings. The van der Waals surface area contributed by atoms with Gasteiger partial charge in [-0.15, -0.1) is 0 Å². The van der Waals surface area contributed by atoms with Gasteiger partial charge in [0.25, 0.3) is 5.69 Å². The number of hydrogen-bond acceptors (Lipinski definition) is 7. The van der Waals surface area contributed by atoms with Gasteiger partial charge in [0.15, 0.2) is 17.0 Å². The number of halogens is 1. The maximum atomic E-state index is 11.3. The van der Waals surface area contributed by atoms with E-state index in [1.54, 1.807) is 37.3 Å². The molecule has 4 rings (SSSR count). The number of para-hydroxylation sites is 1. The van der Waals surface area contributed by atoms with E-state index in [1.165, 1.54) is 6.07 Å². The maximum absolute atomic E-state index is 11.3. The molecule has 150 valence electrons. The van der Waals surface area contributed by atoms with Crippen LogP contribution < -0.4 is 14.8 Å². The van der Waals surface area contributed by atoms with Crippen LogP contribution in [0.4, 0.5) is 11.4 Å². The Morgan fingerprint density at radius 2 is 2.10 bits per heavy atom. The lowest BCUT2D eigenvalue weighted by Gasteiger charge is -2.22. The zero-order valence-corrected chi connectivity index (χ0v) is 16.3. The second-order valence-corrected chi connectivity index (χ2v) is 7.07. The number of fused-ring (bicyclic) bond motifs is 2. The molecule has 1 atom stereocenters. The summed E-state index contributed by atoms with van der Waals surface area (Å²) in [6, 6.07) is 9.92. The zero-order valence-electron chi connectivity index (χ0n) is 15.5. The van der Waals surface area contributed by atoms with Gasteiger partial charge in [-0.25, -0.2) is 4.98 Å². The summed E-state index contributed by atoms with van der Waals surface area (Å²) in [5.74, 6) is 0.975. The van der Waals surface area contributed by atoms with Gasteiger partial charge in [0.2, 0.25) is 0 Å². The number of hydrogen-bond donors (Lipinski definition) is 2. The van der Waals surface area contributed by atoms with E-state index in [9.17, 15) is 15.2 Å². The summed E-state index contributed by atoms with van der Waals surface area (Å²) < 4.78 is 11.0. The number of aliphatic hydroxyl groups is 1. The topological polar surface area (TPSA) is 107 Å². The second-order valence-electron chi connectivity index (χ2n) is 6.67. The van der Waals surface area contributed by atoms with Crippen molar-refractivity contribution in [2.45, 2.75) is 13.0 Å². The predicted octanol–water partition coefficient (Wildman–Crippen LogP) is 4.02. The molecule has 1 unspecified atom stereocenters. The smallest absolute Gasteiger partial charge is 0.295 e. The lowest BCUT2D eigenvalue weighted by Crippen LogP contribution is -2.17. The molecule has 0 amide bonds. The molecular weight excluding hydrogens is 398 g/mol. The molecule has 0 bridgehead atoms. The van der Waals surface area contributed by atoms with E-state index in [1.807, 2.05) is 0 Å². The first-order valence-corrected chi connectivity index (χ1v) is 9.37. The summed E-state index contributed by atoms with van der Waals surface area (Å²) in [5, 5.41) is 26.1. The second kappa shape index (κ2) is 7.73. The number of non-ortho nitro benzene ring substituents is 1. The molecule has 0 radical (unpaired) electrons. The van der Waals surface area contributed by atoms with E-state index in [0.29, 0.717) is 57.6 Å². The largest absolute Gasteiger partial charge is 0.486 e. The van der Waals surface area contributed by atoms with Crippen molar-refractivity contribution in [2.75, 3.05) is 25.1 Å². The first-order chi connectivity index (χ1) is 13.9. The number of anilines is 1. The average molecular weight is 416 g/mol. The van der Waals surface area contributed by atoms with Crippen LogP contribution in [0.1, 0.15) is 17.4 Å². The van der Waals surface area contributed by atoms with Crippen molar-refractivity contribution in [3.8, 4) is 11.5 Å². The van der Waals surface area contributed by atoms with Gasteiger partial charge < -0.3 is 19.9 Å². The zero-order chi connectivity index (χ0) is 20.5. The fourth-order valence-electron chi connectivity index (χ4n) is 3.30. The first kappa shape index (κ1) is 19.2. The van der Waals surface area contributed by atoms with Crippen molar-refractivity contribution in [3.05, 3.63) is 62.8 Å². The van der Waals surface area contributed by atoms with Crippen LogP contribution in [0.2, 0.25) is 5.02 Å². The van der Waals surface area contributed by atoms with Gasteiger partial charge in [-0.1, -0.05) is 23.7 Å². The summed E-state index contributed by atoms with van der Waals surface area (Å²) in [6.07, 6.45) is -0.884. The third-order valence-electron chi connectivity index (χ3n) is 4.63. The normalized spacial score (nSPS) is 13.9. The molecule has 2 N–H and O–H groups in total. The van der Waals surface area contributed by atoms with Crippen molar-refractivity contribution in [1.82, 2.24) is 4.98 Å². The molecule has 2 heterocycles. The SMILES string of the molecule is Cc1cc(NCC(O)c2cc(Cl)c3c(c2)OCCO3)c2cccc([N+](=O)[O-])c2n1. The van der Waals surface area contributed by atoms with Crippen LogP contribution in [0, 0.1) is 17.0 Å². The molecule has 1 aromatic heterocycles. The van der Waals surface area contributed by atoms with E-state index in [4.69, 9.17) is 21.1 Å². The molecule has 2 aromatic carbocycles.